The molecular formula is C13H19BrN2O. The number of hydrogen-bond donors (Lipinski definition) is 1. The minimum absolute atomic E-state index is 0.298. The van der Waals surface area contributed by atoms with E-state index < -0.39 is 0 Å². The molecule has 3 rings (SSSR count). The van der Waals surface area contributed by atoms with Gasteiger partial charge in [0.1, 0.15) is 5.76 Å². The summed E-state index contributed by atoms with van der Waals surface area (Å²) in [5.41, 5.74) is 0. The Hall–Kier alpha value is -0.320. The number of rotatable bonds is 3. The average molecular weight is 299 g/mol. The first-order chi connectivity index (χ1) is 8.24. The molecule has 2 fully saturated rings. The summed E-state index contributed by atoms with van der Waals surface area (Å²) >= 11 is 3.36. The summed E-state index contributed by atoms with van der Waals surface area (Å²) in [6.45, 7) is 4.74. The van der Waals surface area contributed by atoms with E-state index in [1.165, 1.54) is 32.4 Å². The third-order valence-corrected chi connectivity index (χ3v) is 4.52. The van der Waals surface area contributed by atoms with Crippen molar-refractivity contribution in [2.45, 2.75) is 44.3 Å². The summed E-state index contributed by atoms with van der Waals surface area (Å²) in [7, 11) is 0. The largest absolute Gasteiger partial charge is 0.453 e. The highest BCUT2D eigenvalue weighted by Crippen LogP contribution is 2.30. The molecule has 94 valence electrons. The molecule has 0 radical (unpaired) electrons. The molecule has 0 aromatic carbocycles. The van der Waals surface area contributed by atoms with Crippen LogP contribution >= 0.6 is 15.9 Å². The van der Waals surface area contributed by atoms with Gasteiger partial charge in [-0.1, -0.05) is 0 Å². The predicted molar refractivity (Wildman–Crippen MR) is 71.0 cm³/mol. The lowest BCUT2D eigenvalue weighted by molar-refractivity contribution is 0.284. The van der Waals surface area contributed by atoms with Crippen molar-refractivity contribution in [3.63, 3.8) is 0 Å². The molecule has 3 nitrogen and oxygen atoms in total. The fourth-order valence-corrected chi connectivity index (χ4v) is 3.56. The molecular weight excluding hydrogens is 280 g/mol. The number of nitrogens with zero attached hydrogens (tertiary/aromatic N) is 1. The molecule has 0 bridgehead atoms. The van der Waals surface area contributed by atoms with Crippen molar-refractivity contribution < 1.29 is 4.42 Å². The molecule has 0 saturated carbocycles. The fourth-order valence-electron chi connectivity index (χ4n) is 3.24. The van der Waals surface area contributed by atoms with Crippen LogP contribution in [0.4, 0.5) is 0 Å². The van der Waals surface area contributed by atoms with E-state index >= 15 is 0 Å². The van der Waals surface area contributed by atoms with E-state index in [1.54, 1.807) is 0 Å². The van der Waals surface area contributed by atoms with E-state index in [2.05, 4.69) is 33.1 Å². The van der Waals surface area contributed by atoms with E-state index in [0.717, 1.165) is 16.5 Å². The minimum atomic E-state index is 0.298. The van der Waals surface area contributed by atoms with E-state index in [-0.39, 0.29) is 0 Å². The van der Waals surface area contributed by atoms with Crippen LogP contribution in [0.1, 0.15) is 38.0 Å². The second-order valence-corrected chi connectivity index (χ2v) is 5.95. The molecule has 0 spiro atoms. The van der Waals surface area contributed by atoms with Crippen molar-refractivity contribution in [3.8, 4) is 0 Å². The highest BCUT2D eigenvalue weighted by Gasteiger charge is 2.37. The van der Waals surface area contributed by atoms with Gasteiger partial charge in [0.05, 0.1) is 6.04 Å². The molecule has 2 aliphatic heterocycles. The molecule has 0 amide bonds. The normalized spacial score (nSPS) is 30.7. The molecule has 2 saturated heterocycles. The number of hydrogen-bond acceptors (Lipinski definition) is 3. The van der Waals surface area contributed by atoms with Gasteiger partial charge >= 0.3 is 0 Å². The molecule has 1 aromatic heterocycles. The van der Waals surface area contributed by atoms with Crippen LogP contribution in [-0.4, -0.2) is 30.1 Å². The number of halogens is 1. The van der Waals surface area contributed by atoms with Crippen molar-refractivity contribution in [2.24, 2.45) is 0 Å². The van der Waals surface area contributed by atoms with E-state index in [4.69, 9.17) is 4.42 Å². The SMILES string of the molecule is CC(NC1CCN2CCCC12)c1ccc(Br)o1. The Balaban J connectivity index is 1.63. The van der Waals surface area contributed by atoms with Gasteiger partial charge in [0.15, 0.2) is 4.67 Å². The Labute approximate surface area is 111 Å². The third-order valence-electron chi connectivity index (χ3n) is 4.09. The highest BCUT2D eigenvalue weighted by atomic mass is 79.9. The van der Waals surface area contributed by atoms with Crippen LogP contribution in [0.3, 0.4) is 0 Å². The molecule has 4 heteroatoms. The van der Waals surface area contributed by atoms with Crippen LogP contribution in [0.5, 0.6) is 0 Å². The first-order valence-electron chi connectivity index (χ1n) is 6.49. The molecule has 3 heterocycles. The van der Waals surface area contributed by atoms with E-state index in [9.17, 15) is 0 Å². The van der Waals surface area contributed by atoms with Crippen LogP contribution in [0.15, 0.2) is 21.2 Å². The Morgan fingerprint density at radius 1 is 1.41 bits per heavy atom. The van der Waals surface area contributed by atoms with Gasteiger partial charge in [0, 0.05) is 18.6 Å². The number of fused-ring (bicyclic) bond motifs is 1. The first kappa shape index (κ1) is 11.8. The molecule has 1 N–H and O–H groups in total. The van der Waals surface area contributed by atoms with Crippen LogP contribution in [0.25, 0.3) is 0 Å². The summed E-state index contributed by atoms with van der Waals surface area (Å²) in [5.74, 6) is 1.02. The molecule has 3 unspecified atom stereocenters. The summed E-state index contributed by atoms with van der Waals surface area (Å²) in [4.78, 5) is 2.63. The minimum Gasteiger partial charge on any atom is -0.453 e. The quantitative estimate of drug-likeness (QED) is 0.930. The topological polar surface area (TPSA) is 28.4 Å². The zero-order valence-electron chi connectivity index (χ0n) is 10.2. The van der Waals surface area contributed by atoms with Gasteiger partial charge in [-0.2, -0.15) is 0 Å². The van der Waals surface area contributed by atoms with Crippen LogP contribution in [-0.2, 0) is 0 Å². The lowest BCUT2D eigenvalue weighted by atomic mass is 10.1. The smallest absolute Gasteiger partial charge is 0.169 e. The Bertz CT molecular complexity index is 393. The summed E-state index contributed by atoms with van der Waals surface area (Å²) in [5, 5.41) is 3.72. The monoisotopic (exact) mass is 298 g/mol. The van der Waals surface area contributed by atoms with Crippen molar-refractivity contribution in [2.75, 3.05) is 13.1 Å². The Kier molecular flexibility index (Phi) is 3.28. The second kappa shape index (κ2) is 4.75. The van der Waals surface area contributed by atoms with Gasteiger partial charge in [-0.05, 0) is 60.8 Å². The summed E-state index contributed by atoms with van der Waals surface area (Å²) in [6.07, 6.45) is 3.99. The molecule has 2 aliphatic rings. The van der Waals surface area contributed by atoms with Crippen LogP contribution in [0, 0.1) is 0 Å². The molecule has 0 aliphatic carbocycles. The van der Waals surface area contributed by atoms with Crippen molar-refractivity contribution >= 4 is 15.9 Å². The average Bonchev–Trinajstić information content (AvgIpc) is 2.96. The zero-order valence-corrected chi connectivity index (χ0v) is 11.7. The molecule has 1 aromatic rings. The van der Waals surface area contributed by atoms with E-state index in [0.29, 0.717) is 12.1 Å². The zero-order chi connectivity index (χ0) is 11.8. The van der Waals surface area contributed by atoms with Crippen LogP contribution < -0.4 is 5.32 Å². The summed E-state index contributed by atoms with van der Waals surface area (Å²) < 4.78 is 6.42. The van der Waals surface area contributed by atoms with Gasteiger partial charge < -0.3 is 9.73 Å². The molecule has 17 heavy (non-hydrogen) atoms. The standard InChI is InChI=1S/C13H19BrN2O/c1-9(12-4-5-13(14)17-12)15-10-6-8-16-7-2-3-11(10)16/h4-5,9-11,15H,2-3,6-8H2,1H3. The Morgan fingerprint density at radius 3 is 3.06 bits per heavy atom. The summed E-state index contributed by atoms with van der Waals surface area (Å²) in [6, 6.07) is 5.70. The Morgan fingerprint density at radius 2 is 2.29 bits per heavy atom. The number of nitrogens with one attached hydrogen (secondary N) is 1. The highest BCUT2D eigenvalue weighted by molar-refractivity contribution is 9.10. The van der Waals surface area contributed by atoms with Gasteiger partial charge in [0.25, 0.3) is 0 Å². The lowest BCUT2D eigenvalue weighted by Crippen LogP contribution is -2.40. The maximum atomic E-state index is 5.61. The van der Waals surface area contributed by atoms with E-state index in [1.807, 2.05) is 12.1 Å². The van der Waals surface area contributed by atoms with Crippen LogP contribution in [0.2, 0.25) is 0 Å². The van der Waals surface area contributed by atoms with Crippen molar-refractivity contribution in [3.05, 3.63) is 22.6 Å². The molecule has 3 atom stereocenters. The second-order valence-electron chi connectivity index (χ2n) is 5.17. The van der Waals surface area contributed by atoms with Crippen molar-refractivity contribution in [1.29, 1.82) is 0 Å². The van der Waals surface area contributed by atoms with Gasteiger partial charge in [-0.15, -0.1) is 0 Å². The predicted octanol–water partition coefficient (Wildman–Crippen LogP) is 2.93. The van der Waals surface area contributed by atoms with Crippen molar-refractivity contribution in [1.82, 2.24) is 10.2 Å². The van der Waals surface area contributed by atoms with Gasteiger partial charge in [-0.25, -0.2) is 0 Å². The lowest BCUT2D eigenvalue weighted by Gasteiger charge is -2.24. The van der Waals surface area contributed by atoms with Gasteiger partial charge in [0.2, 0.25) is 0 Å². The third kappa shape index (κ3) is 2.30. The first-order valence-corrected chi connectivity index (χ1v) is 7.28. The maximum Gasteiger partial charge on any atom is 0.169 e. The van der Waals surface area contributed by atoms with Gasteiger partial charge in [-0.3, -0.25) is 4.90 Å². The fraction of sp³-hybridized carbons (Fsp3) is 0.692. The number of furan rings is 1. The maximum absolute atomic E-state index is 5.61.